The van der Waals surface area contributed by atoms with Crippen LogP contribution in [-0.2, 0) is 9.59 Å². The zero-order chi connectivity index (χ0) is 45.0. The van der Waals surface area contributed by atoms with Crippen LogP contribution in [0, 0.1) is 5.92 Å². The average Bonchev–Trinajstić information content (AvgIpc) is 3.77. The SMILES string of the molecule is COc1ccc(C(=O)N2CCC(N3CCC(CC(=O)N4CCC[C@H](Nc5ncnc6[nH]cc(C(=O)c7ccc(Oc8ccccc8)cc7Cl)c56)C4)CC3)CC2)cc1N1CCC(=O)NC1=O. The van der Waals surface area contributed by atoms with E-state index in [1.165, 1.54) is 18.3 Å². The van der Waals surface area contributed by atoms with E-state index in [0.717, 1.165) is 51.6 Å². The number of amides is 5. The van der Waals surface area contributed by atoms with Crippen LogP contribution in [0.4, 0.5) is 16.3 Å². The van der Waals surface area contributed by atoms with Gasteiger partial charge in [0.2, 0.25) is 11.8 Å². The molecule has 16 nitrogen and oxygen atoms in total. The molecule has 0 spiro atoms. The number of piperidine rings is 3. The number of urea groups is 1. The highest BCUT2D eigenvalue weighted by Gasteiger charge is 2.34. The number of aromatic amines is 1. The van der Waals surface area contributed by atoms with E-state index in [-0.39, 0.29) is 47.5 Å². The van der Waals surface area contributed by atoms with Gasteiger partial charge in [0.15, 0.2) is 5.78 Å². The third-order valence-corrected chi connectivity index (χ3v) is 13.5. The lowest BCUT2D eigenvalue weighted by atomic mass is 9.90. The van der Waals surface area contributed by atoms with Crippen molar-refractivity contribution >= 4 is 63.7 Å². The number of ketones is 1. The smallest absolute Gasteiger partial charge is 0.328 e. The van der Waals surface area contributed by atoms with Gasteiger partial charge in [-0.05, 0) is 100.0 Å². The fourth-order valence-electron chi connectivity index (χ4n) is 9.62. The highest BCUT2D eigenvalue weighted by atomic mass is 35.5. The number of aromatic nitrogens is 3. The number of methoxy groups -OCH3 is 1. The minimum atomic E-state index is -0.531. The summed E-state index contributed by atoms with van der Waals surface area (Å²) < 4.78 is 11.4. The van der Waals surface area contributed by atoms with E-state index in [1.54, 1.807) is 42.6 Å². The summed E-state index contributed by atoms with van der Waals surface area (Å²) in [6.07, 6.45) is 9.08. The summed E-state index contributed by atoms with van der Waals surface area (Å²) in [4.78, 5) is 85.6. The Hall–Kier alpha value is -6.52. The first-order valence-electron chi connectivity index (χ1n) is 22.4. The molecule has 3 N–H and O–H groups in total. The minimum Gasteiger partial charge on any atom is -0.495 e. The van der Waals surface area contributed by atoms with Gasteiger partial charge in [0.1, 0.15) is 35.0 Å². The maximum atomic E-state index is 13.9. The lowest BCUT2D eigenvalue weighted by Crippen LogP contribution is -2.50. The molecule has 9 rings (SSSR count). The van der Waals surface area contributed by atoms with E-state index in [4.69, 9.17) is 21.1 Å². The molecule has 0 radical (unpaired) electrons. The molecule has 17 heteroatoms. The Balaban J connectivity index is 0.755. The van der Waals surface area contributed by atoms with Gasteiger partial charge in [-0.25, -0.2) is 14.8 Å². The number of hydrogen-bond donors (Lipinski definition) is 3. The lowest BCUT2D eigenvalue weighted by molar-refractivity contribution is -0.133. The van der Waals surface area contributed by atoms with Gasteiger partial charge in [0, 0.05) is 81.0 Å². The highest BCUT2D eigenvalue weighted by Crippen LogP contribution is 2.34. The number of nitrogens with one attached hydrogen (secondary N) is 3. The molecule has 4 aliphatic heterocycles. The second-order valence-electron chi connectivity index (χ2n) is 17.2. The molecule has 0 unspecified atom stereocenters. The maximum absolute atomic E-state index is 13.9. The number of H-pyrrole nitrogens is 1. The average molecular weight is 902 g/mol. The molecule has 0 saturated carbocycles. The number of anilines is 2. The number of imide groups is 1. The molecule has 65 heavy (non-hydrogen) atoms. The Bertz CT molecular complexity index is 2590. The third kappa shape index (κ3) is 9.64. The number of nitrogens with zero attached hydrogens (tertiary/aromatic N) is 6. The maximum Gasteiger partial charge on any atom is 0.328 e. The summed E-state index contributed by atoms with van der Waals surface area (Å²) in [6.45, 7) is 4.54. The van der Waals surface area contributed by atoms with Gasteiger partial charge >= 0.3 is 6.03 Å². The van der Waals surface area contributed by atoms with Crippen LogP contribution in [-0.4, -0.2) is 124 Å². The van der Waals surface area contributed by atoms with E-state index in [1.807, 2.05) is 40.1 Å². The molecule has 4 saturated heterocycles. The van der Waals surface area contributed by atoms with E-state index in [0.29, 0.717) is 101 Å². The fourth-order valence-corrected chi connectivity index (χ4v) is 9.88. The molecule has 2 aromatic heterocycles. The first-order valence-corrected chi connectivity index (χ1v) is 22.8. The Morgan fingerprint density at radius 3 is 2.40 bits per heavy atom. The van der Waals surface area contributed by atoms with Crippen molar-refractivity contribution in [1.29, 1.82) is 0 Å². The van der Waals surface area contributed by atoms with Crippen molar-refractivity contribution in [3.05, 3.63) is 101 Å². The van der Waals surface area contributed by atoms with Crippen LogP contribution in [0.1, 0.15) is 77.6 Å². The van der Waals surface area contributed by atoms with Crippen LogP contribution in [0.2, 0.25) is 5.02 Å². The highest BCUT2D eigenvalue weighted by molar-refractivity contribution is 6.35. The molecule has 4 aliphatic rings. The Morgan fingerprint density at radius 2 is 1.65 bits per heavy atom. The Labute approximate surface area is 381 Å². The summed E-state index contributed by atoms with van der Waals surface area (Å²) >= 11 is 6.65. The van der Waals surface area contributed by atoms with Crippen LogP contribution in [0.3, 0.4) is 0 Å². The largest absolute Gasteiger partial charge is 0.495 e. The molecule has 5 amide bonds. The molecule has 6 heterocycles. The number of hydrogen-bond acceptors (Lipinski definition) is 11. The standard InChI is InChI=1S/C48H52ClN9O7/c1-64-40-12-9-31(25-39(40)58-23-17-41(59)54-48(58)63)47(62)56-21-15-33(16-22-56)55-19-13-30(14-20-55)24-42(60)57-18-5-6-32(28-57)53-46-43-37(27-50-45(43)51-29-52-46)44(61)36-11-10-35(26-38(36)49)65-34-7-3-2-4-8-34/h2-4,7-12,25-27,29-30,32-33H,5-6,13-24,28H2,1H3,(H,54,59,63)(H2,50,51,52,53)/t32-/m0/s1. The van der Waals surface area contributed by atoms with Crippen molar-refractivity contribution in [2.75, 3.05) is 63.1 Å². The molecule has 0 aliphatic carbocycles. The second-order valence-corrected chi connectivity index (χ2v) is 17.6. The number of ether oxygens (including phenoxy) is 2. The predicted octanol–water partition coefficient (Wildman–Crippen LogP) is 6.90. The van der Waals surface area contributed by atoms with Crippen LogP contribution in [0.25, 0.3) is 11.0 Å². The zero-order valence-corrected chi connectivity index (χ0v) is 37.0. The van der Waals surface area contributed by atoms with Gasteiger partial charge in [0.05, 0.1) is 28.8 Å². The van der Waals surface area contributed by atoms with E-state index in [2.05, 4.69) is 30.5 Å². The van der Waals surface area contributed by atoms with Crippen molar-refractivity contribution in [3.8, 4) is 17.2 Å². The molecule has 3 aromatic carbocycles. The van der Waals surface area contributed by atoms with Crippen LogP contribution < -0.4 is 25.0 Å². The minimum absolute atomic E-state index is 0.0591. The van der Waals surface area contributed by atoms with Crippen LogP contribution >= 0.6 is 11.6 Å². The first-order chi connectivity index (χ1) is 31.6. The van der Waals surface area contributed by atoms with Crippen LogP contribution in [0.5, 0.6) is 17.2 Å². The summed E-state index contributed by atoms with van der Waals surface area (Å²) in [5.41, 5.74) is 2.17. The summed E-state index contributed by atoms with van der Waals surface area (Å²) in [6, 6.07) is 19.2. The van der Waals surface area contributed by atoms with E-state index >= 15 is 0 Å². The Kier molecular flexibility index (Phi) is 13.0. The Morgan fingerprint density at radius 1 is 0.846 bits per heavy atom. The molecule has 1 atom stereocenters. The van der Waals surface area contributed by atoms with Gasteiger partial charge < -0.3 is 34.5 Å². The van der Waals surface area contributed by atoms with E-state index in [9.17, 15) is 24.0 Å². The predicted molar refractivity (Wildman–Crippen MR) is 245 cm³/mol. The number of rotatable bonds is 12. The zero-order valence-electron chi connectivity index (χ0n) is 36.3. The van der Waals surface area contributed by atoms with Crippen LogP contribution in [0.15, 0.2) is 79.3 Å². The second kappa shape index (κ2) is 19.3. The quantitative estimate of drug-likeness (QED) is 0.111. The van der Waals surface area contributed by atoms with Crippen molar-refractivity contribution in [3.63, 3.8) is 0 Å². The summed E-state index contributed by atoms with van der Waals surface area (Å²) in [7, 11) is 1.51. The number of carbonyl (C=O) groups is 5. The number of halogens is 1. The van der Waals surface area contributed by atoms with Gasteiger partial charge in [0.25, 0.3) is 5.91 Å². The van der Waals surface area contributed by atoms with Gasteiger partial charge in [-0.3, -0.25) is 29.4 Å². The number of likely N-dealkylation sites (tertiary alicyclic amines) is 3. The summed E-state index contributed by atoms with van der Waals surface area (Å²) in [5, 5.41) is 6.72. The van der Waals surface area contributed by atoms with Crippen molar-refractivity contribution in [2.45, 2.75) is 63.5 Å². The first kappa shape index (κ1) is 43.7. The molecule has 338 valence electrons. The number of fused-ring (bicyclic) bond motifs is 1. The number of benzene rings is 3. The molecule has 5 aromatic rings. The van der Waals surface area contributed by atoms with Gasteiger partial charge in [-0.1, -0.05) is 29.8 Å². The third-order valence-electron chi connectivity index (χ3n) is 13.1. The van der Waals surface area contributed by atoms with Crippen molar-refractivity contribution in [2.24, 2.45) is 5.92 Å². The molecule has 0 bridgehead atoms. The van der Waals surface area contributed by atoms with Crippen molar-refractivity contribution in [1.82, 2.24) is 35.0 Å². The van der Waals surface area contributed by atoms with Gasteiger partial charge in [-0.15, -0.1) is 0 Å². The normalized spacial score (nSPS) is 19.0. The monoisotopic (exact) mass is 901 g/mol. The van der Waals surface area contributed by atoms with E-state index < -0.39 is 6.03 Å². The number of para-hydroxylation sites is 1. The summed E-state index contributed by atoms with van der Waals surface area (Å²) in [5.74, 6) is 1.93. The van der Waals surface area contributed by atoms with Gasteiger partial charge in [-0.2, -0.15) is 0 Å². The fraction of sp³-hybridized carbons (Fsp3) is 0.396. The van der Waals surface area contributed by atoms with Crippen molar-refractivity contribution < 1.29 is 33.4 Å². The topological polar surface area (TPSA) is 182 Å². The molecular weight excluding hydrogens is 850 g/mol. The molecule has 4 fully saturated rings. The molecular formula is C48H52ClN9O7. The number of carbonyl (C=O) groups excluding carboxylic acids is 5. The lowest BCUT2D eigenvalue weighted by Gasteiger charge is -2.42.